The molecule has 116 valence electrons. The Morgan fingerprint density at radius 3 is 2.19 bits per heavy atom. The Hall–Kier alpha value is -1.21. The van der Waals surface area contributed by atoms with E-state index in [2.05, 4.69) is 15.3 Å². The van der Waals surface area contributed by atoms with Crippen molar-refractivity contribution in [3.63, 3.8) is 0 Å². The highest BCUT2D eigenvalue weighted by molar-refractivity contribution is 7.89. The summed E-state index contributed by atoms with van der Waals surface area (Å²) in [6.07, 6.45) is 9.87. The first-order chi connectivity index (χ1) is 10.1. The molecule has 1 aliphatic heterocycles. The monoisotopic (exact) mass is 310 g/mol. The average Bonchev–Trinajstić information content (AvgIpc) is 2.96. The first-order valence-electron chi connectivity index (χ1n) is 7.56. The molecule has 1 aliphatic carbocycles. The van der Waals surface area contributed by atoms with E-state index >= 15 is 0 Å². The third-order valence-electron chi connectivity index (χ3n) is 4.94. The quantitative estimate of drug-likeness (QED) is 0.922. The van der Waals surface area contributed by atoms with Gasteiger partial charge in [0, 0.05) is 20.1 Å². The molecule has 1 aromatic rings. The third-order valence-corrected chi connectivity index (χ3v) is 6.79. The van der Waals surface area contributed by atoms with Gasteiger partial charge in [0.15, 0.2) is 0 Å². The van der Waals surface area contributed by atoms with Gasteiger partial charge in [-0.1, -0.05) is 12.8 Å². The summed E-state index contributed by atoms with van der Waals surface area (Å²) in [5.41, 5.74) is 0.415. The molecular weight excluding hydrogens is 288 g/mol. The van der Waals surface area contributed by atoms with Crippen molar-refractivity contribution in [2.24, 2.45) is 5.41 Å². The van der Waals surface area contributed by atoms with Crippen LogP contribution in [0.1, 0.15) is 38.5 Å². The van der Waals surface area contributed by atoms with Crippen LogP contribution in [0.2, 0.25) is 0 Å². The van der Waals surface area contributed by atoms with Crippen molar-refractivity contribution in [2.75, 3.05) is 25.5 Å². The lowest BCUT2D eigenvalue weighted by molar-refractivity contribution is 0.160. The van der Waals surface area contributed by atoms with E-state index in [0.29, 0.717) is 24.5 Å². The van der Waals surface area contributed by atoms with Gasteiger partial charge in [0.05, 0.1) is 12.4 Å². The maximum absolute atomic E-state index is 12.6. The fraction of sp³-hybridized carbons (Fsp3) is 0.714. The lowest BCUT2D eigenvalue weighted by Gasteiger charge is -2.38. The van der Waals surface area contributed by atoms with Gasteiger partial charge < -0.3 is 5.32 Å². The van der Waals surface area contributed by atoms with Crippen molar-refractivity contribution in [3.8, 4) is 0 Å². The second-order valence-corrected chi connectivity index (χ2v) is 8.04. The second-order valence-electron chi connectivity index (χ2n) is 6.10. The summed E-state index contributed by atoms with van der Waals surface area (Å²) < 4.78 is 26.8. The van der Waals surface area contributed by atoms with Crippen LogP contribution in [0.3, 0.4) is 0 Å². The molecule has 2 aliphatic rings. The second kappa shape index (κ2) is 5.53. The van der Waals surface area contributed by atoms with Crippen LogP contribution in [-0.2, 0) is 10.0 Å². The van der Waals surface area contributed by atoms with Crippen molar-refractivity contribution in [1.29, 1.82) is 0 Å². The Kier molecular flexibility index (Phi) is 3.88. The molecular formula is C14H22N4O2S. The van der Waals surface area contributed by atoms with Gasteiger partial charge in [0.2, 0.25) is 16.0 Å². The van der Waals surface area contributed by atoms with Crippen LogP contribution in [0.15, 0.2) is 17.3 Å². The molecule has 1 N–H and O–H groups in total. The Morgan fingerprint density at radius 2 is 1.67 bits per heavy atom. The molecule has 0 unspecified atom stereocenters. The zero-order valence-corrected chi connectivity index (χ0v) is 13.2. The minimum absolute atomic E-state index is 0.184. The number of sulfonamides is 1. The summed E-state index contributed by atoms with van der Waals surface area (Å²) in [4.78, 5) is 8.19. The van der Waals surface area contributed by atoms with E-state index in [-0.39, 0.29) is 4.90 Å². The van der Waals surface area contributed by atoms with Gasteiger partial charge in [0.25, 0.3) is 0 Å². The minimum atomic E-state index is -3.45. The SMILES string of the molecule is CNc1ncc(S(=O)(=O)N2CCC3(CCCC3)CC2)cn1. The number of rotatable bonds is 3. The van der Waals surface area contributed by atoms with Gasteiger partial charge >= 0.3 is 0 Å². The summed E-state index contributed by atoms with van der Waals surface area (Å²) >= 11 is 0. The Balaban J connectivity index is 1.73. The third kappa shape index (κ3) is 2.76. The first kappa shape index (κ1) is 14.7. The molecule has 0 radical (unpaired) electrons. The summed E-state index contributed by atoms with van der Waals surface area (Å²) in [5, 5.41) is 2.79. The van der Waals surface area contributed by atoms with Crippen LogP contribution in [0.25, 0.3) is 0 Å². The Bertz CT molecular complexity index is 584. The van der Waals surface area contributed by atoms with E-state index in [1.807, 2.05) is 0 Å². The summed E-state index contributed by atoms with van der Waals surface area (Å²) in [7, 11) is -1.75. The highest BCUT2D eigenvalue weighted by atomic mass is 32.2. The molecule has 0 amide bonds. The zero-order chi connectivity index (χ0) is 14.9. The molecule has 1 saturated heterocycles. The smallest absolute Gasteiger partial charge is 0.246 e. The van der Waals surface area contributed by atoms with Crippen LogP contribution < -0.4 is 5.32 Å². The largest absolute Gasteiger partial charge is 0.357 e. The standard InChI is InChI=1S/C14H22N4O2S/c1-15-13-16-10-12(11-17-13)21(19,20)18-8-6-14(7-9-18)4-2-3-5-14/h10-11H,2-9H2,1H3,(H,15,16,17). The maximum atomic E-state index is 12.6. The van der Waals surface area contributed by atoms with Gasteiger partial charge in [-0.2, -0.15) is 4.31 Å². The summed E-state index contributed by atoms with van der Waals surface area (Å²) in [6, 6.07) is 0. The number of nitrogens with zero attached hydrogens (tertiary/aromatic N) is 3. The van der Waals surface area contributed by atoms with Gasteiger partial charge in [-0.25, -0.2) is 18.4 Å². The molecule has 1 aromatic heterocycles. The molecule has 3 rings (SSSR count). The predicted molar refractivity (Wildman–Crippen MR) is 80.5 cm³/mol. The van der Waals surface area contributed by atoms with Crippen LogP contribution in [0, 0.1) is 5.41 Å². The molecule has 2 heterocycles. The van der Waals surface area contributed by atoms with Crippen molar-refractivity contribution >= 4 is 16.0 Å². The van der Waals surface area contributed by atoms with Crippen molar-refractivity contribution in [1.82, 2.24) is 14.3 Å². The molecule has 2 fully saturated rings. The van der Waals surface area contributed by atoms with E-state index < -0.39 is 10.0 Å². The number of aromatic nitrogens is 2. The van der Waals surface area contributed by atoms with Crippen molar-refractivity contribution < 1.29 is 8.42 Å². The predicted octanol–water partition coefficient (Wildman–Crippen LogP) is 1.86. The molecule has 7 heteroatoms. The molecule has 0 aromatic carbocycles. The lowest BCUT2D eigenvalue weighted by atomic mass is 9.78. The van der Waals surface area contributed by atoms with Crippen LogP contribution in [0.4, 0.5) is 5.95 Å². The van der Waals surface area contributed by atoms with E-state index in [1.165, 1.54) is 38.1 Å². The molecule has 6 nitrogen and oxygen atoms in total. The molecule has 1 spiro atoms. The number of piperidine rings is 1. The van der Waals surface area contributed by atoms with Gasteiger partial charge in [-0.3, -0.25) is 0 Å². The van der Waals surface area contributed by atoms with E-state index in [4.69, 9.17) is 0 Å². The van der Waals surface area contributed by atoms with E-state index in [0.717, 1.165) is 12.8 Å². The van der Waals surface area contributed by atoms with Crippen LogP contribution >= 0.6 is 0 Å². The summed E-state index contributed by atoms with van der Waals surface area (Å²) in [6.45, 7) is 1.24. The van der Waals surface area contributed by atoms with E-state index in [1.54, 1.807) is 11.4 Å². The average molecular weight is 310 g/mol. The normalized spacial score (nSPS) is 22.5. The van der Waals surface area contributed by atoms with Crippen molar-refractivity contribution in [3.05, 3.63) is 12.4 Å². The van der Waals surface area contributed by atoms with Gasteiger partial charge in [0.1, 0.15) is 4.90 Å². The van der Waals surface area contributed by atoms with Crippen LogP contribution in [-0.4, -0.2) is 42.8 Å². The van der Waals surface area contributed by atoms with Crippen molar-refractivity contribution in [2.45, 2.75) is 43.4 Å². The molecule has 0 atom stereocenters. The van der Waals surface area contributed by atoms with E-state index in [9.17, 15) is 8.42 Å². The fourth-order valence-electron chi connectivity index (χ4n) is 3.55. The zero-order valence-electron chi connectivity index (χ0n) is 12.4. The molecule has 0 bridgehead atoms. The number of hydrogen-bond acceptors (Lipinski definition) is 5. The fourth-order valence-corrected chi connectivity index (χ4v) is 4.89. The minimum Gasteiger partial charge on any atom is -0.357 e. The van der Waals surface area contributed by atoms with Gasteiger partial charge in [-0.05, 0) is 31.1 Å². The van der Waals surface area contributed by atoms with Crippen LogP contribution in [0.5, 0.6) is 0 Å². The topological polar surface area (TPSA) is 75.2 Å². The number of nitrogens with one attached hydrogen (secondary N) is 1. The summed E-state index contributed by atoms with van der Waals surface area (Å²) in [5.74, 6) is 0.428. The Morgan fingerprint density at radius 1 is 1.10 bits per heavy atom. The highest BCUT2D eigenvalue weighted by Gasteiger charge is 2.40. The number of hydrogen-bond donors (Lipinski definition) is 1. The highest BCUT2D eigenvalue weighted by Crippen LogP contribution is 2.46. The number of anilines is 1. The maximum Gasteiger partial charge on any atom is 0.246 e. The Labute approximate surface area is 126 Å². The molecule has 1 saturated carbocycles. The lowest BCUT2D eigenvalue weighted by Crippen LogP contribution is -2.42. The van der Waals surface area contributed by atoms with Gasteiger partial charge in [-0.15, -0.1) is 0 Å². The molecule has 21 heavy (non-hydrogen) atoms. The first-order valence-corrected chi connectivity index (χ1v) is 9.00.